The zero-order valence-electron chi connectivity index (χ0n) is 12.0. The van der Waals surface area contributed by atoms with Gasteiger partial charge in [0.2, 0.25) is 0 Å². The Morgan fingerprint density at radius 2 is 1.60 bits per heavy atom. The second-order valence-electron chi connectivity index (χ2n) is 4.01. The molecule has 5 heteroatoms. The Morgan fingerprint density at radius 3 is 2.05 bits per heavy atom. The summed E-state index contributed by atoms with van der Waals surface area (Å²) in [6, 6.07) is 6.85. The molecule has 1 aromatic carbocycles. The van der Waals surface area contributed by atoms with Gasteiger partial charge < -0.3 is 4.84 Å². The van der Waals surface area contributed by atoms with Gasteiger partial charge in [-0.3, -0.25) is 9.59 Å². The molecule has 0 bridgehead atoms. The summed E-state index contributed by atoms with van der Waals surface area (Å²) in [4.78, 5) is 39.1. The van der Waals surface area contributed by atoms with Gasteiger partial charge in [0.1, 0.15) is 0 Å². The molecule has 1 saturated heterocycles. The highest BCUT2D eigenvalue weighted by atomic mass is 16.7. The third kappa shape index (κ3) is 3.66. The first kappa shape index (κ1) is 15.9. The maximum atomic E-state index is 11.7. The van der Waals surface area contributed by atoms with Crippen LogP contribution in [0, 0.1) is 0 Å². The smallest absolute Gasteiger partial charge is 0.325 e. The van der Waals surface area contributed by atoms with E-state index in [1.54, 1.807) is 12.1 Å². The van der Waals surface area contributed by atoms with E-state index < -0.39 is 17.8 Å². The molecule has 1 aromatic rings. The molecular formula is C15H19NO4. The van der Waals surface area contributed by atoms with Crippen LogP contribution < -0.4 is 0 Å². The summed E-state index contributed by atoms with van der Waals surface area (Å²) in [5.41, 5.74) is 1.42. The van der Waals surface area contributed by atoms with Gasteiger partial charge in [0.25, 0.3) is 11.8 Å². The molecule has 1 aliphatic rings. The second kappa shape index (κ2) is 7.43. The zero-order chi connectivity index (χ0) is 15.1. The Hall–Kier alpha value is -2.17. The molecule has 0 aromatic heterocycles. The number of aryl methyl sites for hydroxylation is 1. The average molecular weight is 277 g/mol. The quantitative estimate of drug-likeness (QED) is 0.796. The van der Waals surface area contributed by atoms with E-state index in [0.29, 0.717) is 10.6 Å². The molecule has 0 atom stereocenters. The highest BCUT2D eigenvalue weighted by molar-refractivity contribution is 6.02. The van der Waals surface area contributed by atoms with Crippen LogP contribution in [0.5, 0.6) is 0 Å². The number of nitrogens with zero attached hydrogens (tertiary/aromatic N) is 1. The third-order valence-corrected chi connectivity index (χ3v) is 2.78. The van der Waals surface area contributed by atoms with Crippen molar-refractivity contribution in [1.82, 2.24) is 5.06 Å². The van der Waals surface area contributed by atoms with E-state index in [0.717, 1.165) is 12.0 Å². The summed E-state index contributed by atoms with van der Waals surface area (Å²) in [5.74, 6) is -1.64. The molecule has 20 heavy (non-hydrogen) atoms. The maximum Gasteiger partial charge on any atom is 0.363 e. The van der Waals surface area contributed by atoms with E-state index >= 15 is 0 Å². The van der Waals surface area contributed by atoms with Crippen molar-refractivity contribution in [3.8, 4) is 0 Å². The second-order valence-corrected chi connectivity index (χ2v) is 4.01. The Balaban J connectivity index is 0.000000956. The van der Waals surface area contributed by atoms with Crippen LogP contribution in [0.15, 0.2) is 24.3 Å². The summed E-state index contributed by atoms with van der Waals surface area (Å²) in [6.07, 6.45) is 1.07. The lowest BCUT2D eigenvalue weighted by Gasteiger charge is -2.12. The number of benzene rings is 1. The van der Waals surface area contributed by atoms with Crippen molar-refractivity contribution in [3.05, 3.63) is 35.4 Å². The molecule has 0 N–H and O–H groups in total. The van der Waals surface area contributed by atoms with Crippen LogP contribution in [-0.2, 0) is 20.8 Å². The molecule has 0 unspecified atom stereocenters. The number of carbonyl (C=O) groups is 3. The summed E-state index contributed by atoms with van der Waals surface area (Å²) in [5, 5.41) is 0.552. The van der Waals surface area contributed by atoms with Gasteiger partial charge in [0.15, 0.2) is 0 Å². The normalized spacial score (nSPS) is 13.8. The van der Waals surface area contributed by atoms with Crippen molar-refractivity contribution in [2.45, 2.75) is 40.0 Å². The molecule has 0 radical (unpaired) electrons. The van der Waals surface area contributed by atoms with E-state index in [2.05, 4.69) is 0 Å². The monoisotopic (exact) mass is 277 g/mol. The van der Waals surface area contributed by atoms with E-state index in [4.69, 9.17) is 4.84 Å². The molecule has 5 nitrogen and oxygen atoms in total. The predicted molar refractivity (Wildman–Crippen MR) is 73.7 cm³/mol. The molecule has 1 fully saturated rings. The highest BCUT2D eigenvalue weighted by Crippen LogP contribution is 2.14. The molecule has 1 aliphatic heterocycles. The fraction of sp³-hybridized carbons (Fsp3) is 0.400. The van der Waals surface area contributed by atoms with Crippen LogP contribution in [0.1, 0.15) is 49.5 Å². The Bertz CT molecular complexity index is 477. The SMILES string of the molecule is CC.CCc1ccc(C(=O)ON2C(=O)CCC2=O)cc1. The van der Waals surface area contributed by atoms with Gasteiger partial charge >= 0.3 is 5.97 Å². The maximum absolute atomic E-state index is 11.7. The van der Waals surface area contributed by atoms with Gasteiger partial charge in [0, 0.05) is 12.8 Å². The van der Waals surface area contributed by atoms with Crippen LogP contribution in [0.2, 0.25) is 0 Å². The first-order valence-corrected chi connectivity index (χ1v) is 6.79. The van der Waals surface area contributed by atoms with E-state index in [9.17, 15) is 14.4 Å². The molecule has 1 heterocycles. The van der Waals surface area contributed by atoms with Gasteiger partial charge in [-0.2, -0.15) is 0 Å². The molecule has 2 rings (SSSR count). The fourth-order valence-corrected chi connectivity index (χ4v) is 1.67. The Kier molecular flexibility index (Phi) is 5.90. The van der Waals surface area contributed by atoms with E-state index in [1.807, 2.05) is 32.9 Å². The van der Waals surface area contributed by atoms with Crippen molar-refractivity contribution in [1.29, 1.82) is 0 Å². The topological polar surface area (TPSA) is 63.7 Å². The van der Waals surface area contributed by atoms with Gasteiger partial charge in [-0.1, -0.05) is 32.9 Å². The van der Waals surface area contributed by atoms with Crippen molar-refractivity contribution in [2.24, 2.45) is 0 Å². The van der Waals surface area contributed by atoms with E-state index in [-0.39, 0.29) is 12.8 Å². The number of imide groups is 1. The minimum absolute atomic E-state index is 0.0981. The molecule has 0 aliphatic carbocycles. The number of hydrogen-bond acceptors (Lipinski definition) is 4. The first-order valence-electron chi connectivity index (χ1n) is 6.79. The van der Waals surface area contributed by atoms with Crippen molar-refractivity contribution >= 4 is 17.8 Å². The van der Waals surface area contributed by atoms with Gasteiger partial charge in [-0.05, 0) is 24.1 Å². The summed E-state index contributed by atoms with van der Waals surface area (Å²) in [7, 11) is 0. The minimum atomic E-state index is -0.693. The molecular weight excluding hydrogens is 258 g/mol. The lowest BCUT2D eigenvalue weighted by molar-refractivity contribution is -0.172. The summed E-state index contributed by atoms with van der Waals surface area (Å²) in [6.45, 7) is 6.01. The number of hydroxylamine groups is 2. The average Bonchev–Trinajstić information content (AvgIpc) is 2.81. The number of carbonyl (C=O) groups excluding carboxylic acids is 3. The van der Waals surface area contributed by atoms with Crippen LogP contribution in [-0.4, -0.2) is 22.8 Å². The van der Waals surface area contributed by atoms with Crippen LogP contribution >= 0.6 is 0 Å². The first-order chi connectivity index (χ1) is 9.61. The van der Waals surface area contributed by atoms with Crippen LogP contribution in [0.25, 0.3) is 0 Å². The molecule has 2 amide bonds. The zero-order valence-corrected chi connectivity index (χ0v) is 12.0. The molecule has 108 valence electrons. The molecule has 0 saturated carbocycles. The standard InChI is InChI=1S/C13H13NO4.C2H6/c1-2-9-3-5-10(6-4-9)13(17)18-14-11(15)7-8-12(14)16;1-2/h3-6H,2,7-8H2,1H3;1-2H3. The predicted octanol–water partition coefficient (Wildman–Crippen LogP) is 2.50. The lowest BCUT2D eigenvalue weighted by Crippen LogP contribution is -2.32. The summed E-state index contributed by atoms with van der Waals surface area (Å²) >= 11 is 0. The van der Waals surface area contributed by atoms with Gasteiger partial charge in [0.05, 0.1) is 5.56 Å². The van der Waals surface area contributed by atoms with Crippen LogP contribution in [0.3, 0.4) is 0 Å². The van der Waals surface area contributed by atoms with Crippen molar-refractivity contribution in [3.63, 3.8) is 0 Å². The minimum Gasteiger partial charge on any atom is -0.325 e. The third-order valence-electron chi connectivity index (χ3n) is 2.78. The van der Waals surface area contributed by atoms with Crippen molar-refractivity contribution < 1.29 is 19.2 Å². The van der Waals surface area contributed by atoms with E-state index in [1.165, 1.54) is 0 Å². The largest absolute Gasteiger partial charge is 0.363 e. The van der Waals surface area contributed by atoms with Crippen molar-refractivity contribution in [2.75, 3.05) is 0 Å². The Morgan fingerprint density at radius 1 is 1.10 bits per heavy atom. The summed E-state index contributed by atoms with van der Waals surface area (Å²) < 4.78 is 0. The molecule has 0 spiro atoms. The highest BCUT2D eigenvalue weighted by Gasteiger charge is 2.33. The number of rotatable bonds is 3. The lowest BCUT2D eigenvalue weighted by atomic mass is 10.1. The van der Waals surface area contributed by atoms with Gasteiger partial charge in [-0.15, -0.1) is 5.06 Å². The fourth-order valence-electron chi connectivity index (χ4n) is 1.67. The van der Waals surface area contributed by atoms with Crippen LogP contribution in [0.4, 0.5) is 0 Å². The number of hydrogen-bond donors (Lipinski definition) is 0. The van der Waals surface area contributed by atoms with Gasteiger partial charge in [-0.25, -0.2) is 4.79 Å². The number of amides is 2. The Labute approximate surface area is 118 Å².